The number of para-hydroxylation sites is 1. The number of rotatable bonds is 7. The van der Waals surface area contributed by atoms with Gasteiger partial charge in [0.1, 0.15) is 0 Å². The van der Waals surface area contributed by atoms with Crippen LogP contribution in [0.5, 0.6) is 0 Å². The minimum atomic E-state index is -0.424. The van der Waals surface area contributed by atoms with E-state index in [-0.39, 0.29) is 24.9 Å². The molecule has 27 heavy (non-hydrogen) atoms. The highest BCUT2D eigenvalue weighted by molar-refractivity contribution is 7.12. The van der Waals surface area contributed by atoms with Crippen LogP contribution in [0.3, 0.4) is 0 Å². The predicted molar refractivity (Wildman–Crippen MR) is 109 cm³/mol. The fourth-order valence-electron chi connectivity index (χ4n) is 2.31. The summed E-state index contributed by atoms with van der Waals surface area (Å²) in [6, 6.07) is 8.36. The Morgan fingerprint density at radius 1 is 1.07 bits per heavy atom. The Balaban J connectivity index is 1.96. The Kier molecular flexibility index (Phi) is 7.65. The smallest absolute Gasteiger partial charge is 0.264 e. The van der Waals surface area contributed by atoms with Crippen LogP contribution in [0.1, 0.15) is 16.6 Å². The predicted octanol–water partition coefficient (Wildman–Crippen LogP) is 3.61. The van der Waals surface area contributed by atoms with Crippen LogP contribution in [0, 0.1) is 0 Å². The number of carbonyl (C=O) groups is 3. The Hall–Kier alpha value is -2.09. The number of amides is 3. The molecule has 1 aromatic heterocycles. The quantitative estimate of drug-likeness (QED) is 0.733. The summed E-state index contributed by atoms with van der Waals surface area (Å²) < 4.78 is 0. The van der Waals surface area contributed by atoms with E-state index in [9.17, 15) is 14.4 Å². The van der Waals surface area contributed by atoms with Gasteiger partial charge in [0.05, 0.1) is 33.7 Å². The SMILES string of the molecule is CCN(CC(=O)Nc1c(Cl)cccc1Cl)C(=O)CN(C)C(=O)c1cccs1. The number of likely N-dealkylation sites (N-methyl/N-ethyl adjacent to an activating group) is 2. The second-order valence-corrected chi connectivity index (χ2v) is 7.45. The molecule has 0 atom stereocenters. The van der Waals surface area contributed by atoms with Gasteiger partial charge in [0.25, 0.3) is 5.91 Å². The standard InChI is InChI=1S/C18H19Cl2N3O3S/c1-3-23(10-15(24)21-17-12(19)6-4-7-13(17)20)16(25)11-22(2)18(26)14-8-5-9-27-14/h4-9H,3,10-11H2,1-2H3,(H,21,24). The second-order valence-electron chi connectivity index (χ2n) is 5.69. The summed E-state index contributed by atoms with van der Waals surface area (Å²) in [5.41, 5.74) is 0.305. The Labute approximate surface area is 171 Å². The first-order chi connectivity index (χ1) is 12.8. The van der Waals surface area contributed by atoms with E-state index in [2.05, 4.69) is 5.32 Å². The molecule has 0 radical (unpaired) electrons. The lowest BCUT2D eigenvalue weighted by Crippen LogP contribution is -2.44. The molecule has 0 saturated heterocycles. The van der Waals surface area contributed by atoms with E-state index in [1.165, 1.54) is 21.1 Å². The number of benzene rings is 1. The lowest BCUT2D eigenvalue weighted by atomic mass is 10.3. The number of carbonyl (C=O) groups excluding carboxylic acids is 3. The monoisotopic (exact) mass is 427 g/mol. The van der Waals surface area contributed by atoms with E-state index >= 15 is 0 Å². The van der Waals surface area contributed by atoms with E-state index in [4.69, 9.17) is 23.2 Å². The van der Waals surface area contributed by atoms with Gasteiger partial charge in [-0.2, -0.15) is 0 Å². The molecule has 144 valence electrons. The molecule has 6 nitrogen and oxygen atoms in total. The summed E-state index contributed by atoms with van der Waals surface area (Å²) in [6.07, 6.45) is 0. The molecule has 0 bridgehead atoms. The van der Waals surface area contributed by atoms with Crippen molar-refractivity contribution in [1.29, 1.82) is 0 Å². The lowest BCUT2D eigenvalue weighted by molar-refractivity contribution is -0.134. The lowest BCUT2D eigenvalue weighted by Gasteiger charge is -2.24. The number of hydrogen-bond donors (Lipinski definition) is 1. The van der Waals surface area contributed by atoms with Crippen molar-refractivity contribution in [3.63, 3.8) is 0 Å². The summed E-state index contributed by atoms with van der Waals surface area (Å²) in [4.78, 5) is 40.3. The molecule has 1 aromatic carbocycles. The van der Waals surface area contributed by atoms with Crippen molar-refractivity contribution in [2.45, 2.75) is 6.92 Å². The highest BCUT2D eigenvalue weighted by Crippen LogP contribution is 2.29. The zero-order chi connectivity index (χ0) is 20.0. The maximum Gasteiger partial charge on any atom is 0.264 e. The molecule has 0 saturated carbocycles. The average molecular weight is 428 g/mol. The number of thiophene rings is 1. The average Bonchev–Trinajstić information content (AvgIpc) is 3.16. The van der Waals surface area contributed by atoms with Crippen LogP contribution < -0.4 is 5.32 Å². The Bertz CT molecular complexity index is 807. The molecule has 1 N–H and O–H groups in total. The van der Waals surface area contributed by atoms with Crippen LogP contribution in [-0.4, -0.2) is 54.2 Å². The Morgan fingerprint density at radius 2 is 1.74 bits per heavy atom. The number of hydrogen-bond acceptors (Lipinski definition) is 4. The van der Waals surface area contributed by atoms with Crippen molar-refractivity contribution in [2.24, 2.45) is 0 Å². The molecule has 0 aliphatic heterocycles. The Morgan fingerprint density at radius 3 is 2.30 bits per heavy atom. The van der Waals surface area contributed by atoms with Crippen LogP contribution in [0.25, 0.3) is 0 Å². The number of anilines is 1. The van der Waals surface area contributed by atoms with Crippen molar-refractivity contribution in [2.75, 3.05) is 32.0 Å². The van der Waals surface area contributed by atoms with Crippen molar-refractivity contribution in [3.05, 3.63) is 50.6 Å². The van der Waals surface area contributed by atoms with Gasteiger partial charge in [-0.05, 0) is 30.5 Å². The first kappa shape index (κ1) is 21.2. The van der Waals surface area contributed by atoms with Crippen LogP contribution in [0.15, 0.2) is 35.7 Å². The maximum atomic E-state index is 12.5. The summed E-state index contributed by atoms with van der Waals surface area (Å²) in [5.74, 6) is -0.987. The molecule has 9 heteroatoms. The highest BCUT2D eigenvalue weighted by Gasteiger charge is 2.21. The zero-order valence-corrected chi connectivity index (χ0v) is 17.2. The van der Waals surface area contributed by atoms with Crippen LogP contribution >= 0.6 is 34.5 Å². The van der Waals surface area contributed by atoms with E-state index in [1.807, 2.05) is 0 Å². The van der Waals surface area contributed by atoms with E-state index in [1.54, 1.807) is 49.7 Å². The van der Waals surface area contributed by atoms with Crippen molar-refractivity contribution < 1.29 is 14.4 Å². The van der Waals surface area contributed by atoms with Crippen LogP contribution in [0.4, 0.5) is 5.69 Å². The molecule has 0 unspecified atom stereocenters. The van der Waals surface area contributed by atoms with E-state index < -0.39 is 5.91 Å². The molecule has 0 spiro atoms. The van der Waals surface area contributed by atoms with Gasteiger partial charge in [0.15, 0.2) is 0 Å². The molecule has 3 amide bonds. The third-order valence-electron chi connectivity index (χ3n) is 3.75. The molecule has 1 heterocycles. The van der Waals surface area contributed by atoms with E-state index in [0.29, 0.717) is 27.2 Å². The minimum absolute atomic E-state index is 0.120. The van der Waals surface area contributed by atoms with Gasteiger partial charge >= 0.3 is 0 Å². The molecule has 2 aromatic rings. The maximum absolute atomic E-state index is 12.5. The first-order valence-corrected chi connectivity index (χ1v) is 9.77. The van der Waals surface area contributed by atoms with Gasteiger partial charge in [-0.25, -0.2) is 0 Å². The third-order valence-corrected chi connectivity index (χ3v) is 5.23. The summed E-state index contributed by atoms with van der Waals surface area (Å²) in [7, 11) is 1.55. The van der Waals surface area contributed by atoms with Gasteiger partial charge in [0.2, 0.25) is 11.8 Å². The normalized spacial score (nSPS) is 10.4. The van der Waals surface area contributed by atoms with Crippen molar-refractivity contribution in [1.82, 2.24) is 9.80 Å². The zero-order valence-electron chi connectivity index (χ0n) is 14.9. The van der Waals surface area contributed by atoms with E-state index in [0.717, 1.165) is 0 Å². The van der Waals surface area contributed by atoms with Crippen LogP contribution in [-0.2, 0) is 9.59 Å². The largest absolute Gasteiger partial charge is 0.332 e. The van der Waals surface area contributed by atoms with Gasteiger partial charge in [-0.15, -0.1) is 11.3 Å². The third kappa shape index (κ3) is 5.69. The van der Waals surface area contributed by atoms with Gasteiger partial charge in [-0.3, -0.25) is 14.4 Å². The van der Waals surface area contributed by atoms with Gasteiger partial charge in [0, 0.05) is 13.6 Å². The second kappa shape index (κ2) is 9.73. The summed E-state index contributed by atoms with van der Waals surface area (Å²) in [5, 5.41) is 5.04. The summed E-state index contributed by atoms with van der Waals surface area (Å²) in [6.45, 7) is 1.79. The molecular formula is C18H19Cl2N3O3S. The number of halogens is 2. The molecule has 2 rings (SSSR count). The highest BCUT2D eigenvalue weighted by atomic mass is 35.5. The van der Waals surface area contributed by atoms with Crippen molar-refractivity contribution >= 4 is 57.9 Å². The molecular weight excluding hydrogens is 409 g/mol. The molecule has 0 aliphatic rings. The fraction of sp³-hybridized carbons (Fsp3) is 0.278. The number of nitrogens with zero attached hydrogens (tertiary/aromatic N) is 2. The van der Waals surface area contributed by atoms with Crippen molar-refractivity contribution in [3.8, 4) is 0 Å². The van der Waals surface area contributed by atoms with Gasteiger partial charge < -0.3 is 15.1 Å². The first-order valence-electron chi connectivity index (χ1n) is 8.14. The minimum Gasteiger partial charge on any atom is -0.332 e. The molecule has 0 aliphatic carbocycles. The van der Waals surface area contributed by atoms with Gasteiger partial charge in [-0.1, -0.05) is 35.3 Å². The molecule has 0 fully saturated rings. The summed E-state index contributed by atoms with van der Waals surface area (Å²) >= 11 is 13.4. The fourth-order valence-corrected chi connectivity index (χ4v) is 3.52. The topological polar surface area (TPSA) is 69.7 Å². The van der Waals surface area contributed by atoms with Crippen LogP contribution in [0.2, 0.25) is 10.0 Å². The number of nitrogens with one attached hydrogen (secondary N) is 1.